The number of methoxy groups -OCH3 is 1. The van der Waals surface area contributed by atoms with Gasteiger partial charge in [-0.2, -0.15) is 0 Å². The summed E-state index contributed by atoms with van der Waals surface area (Å²) in [5.74, 6) is 0.0206. The van der Waals surface area contributed by atoms with Gasteiger partial charge in [0.2, 0.25) is 5.91 Å². The van der Waals surface area contributed by atoms with Crippen molar-refractivity contribution in [2.45, 2.75) is 45.3 Å². The van der Waals surface area contributed by atoms with Crippen molar-refractivity contribution in [2.75, 3.05) is 33.4 Å². The van der Waals surface area contributed by atoms with E-state index in [9.17, 15) is 4.79 Å². The predicted molar refractivity (Wildman–Crippen MR) is 111 cm³/mol. The average molecular weight is 406 g/mol. The minimum absolute atomic E-state index is 0. The van der Waals surface area contributed by atoms with E-state index < -0.39 is 0 Å². The molecule has 150 valence electrons. The first-order valence-corrected chi connectivity index (χ1v) is 8.98. The van der Waals surface area contributed by atoms with Crippen LogP contribution >= 0.6 is 24.8 Å². The smallest absolute Gasteiger partial charge is 0.234 e. The molecule has 0 bridgehead atoms. The fourth-order valence-electron chi connectivity index (χ4n) is 3.13. The number of hydrogen-bond acceptors (Lipinski definition) is 4. The van der Waals surface area contributed by atoms with E-state index in [1.165, 1.54) is 36.9 Å². The van der Waals surface area contributed by atoms with Gasteiger partial charge >= 0.3 is 0 Å². The lowest BCUT2D eigenvalue weighted by molar-refractivity contribution is -0.120. The zero-order valence-corrected chi connectivity index (χ0v) is 17.5. The number of benzene rings is 1. The summed E-state index contributed by atoms with van der Waals surface area (Å²) in [6.45, 7) is 6.68. The zero-order chi connectivity index (χ0) is 17.2. The van der Waals surface area contributed by atoms with Gasteiger partial charge < -0.3 is 15.4 Å². The third kappa shape index (κ3) is 8.69. The van der Waals surface area contributed by atoms with Gasteiger partial charge in [0.15, 0.2) is 0 Å². The highest BCUT2D eigenvalue weighted by Crippen LogP contribution is 2.20. The Balaban J connectivity index is 0.00000312. The van der Waals surface area contributed by atoms with Crippen molar-refractivity contribution in [3.63, 3.8) is 0 Å². The minimum Gasteiger partial charge on any atom is -0.383 e. The van der Waals surface area contributed by atoms with Gasteiger partial charge in [-0.3, -0.25) is 9.69 Å². The Bertz CT molecular complexity index is 517. The SMILES string of the molecule is COCCNCC(=O)NCc1ccccc1CN1CCCCC1C.Cl.Cl. The highest BCUT2D eigenvalue weighted by Gasteiger charge is 2.19. The number of hydrogen-bond donors (Lipinski definition) is 2. The Morgan fingerprint density at radius 2 is 1.96 bits per heavy atom. The molecule has 1 atom stereocenters. The van der Waals surface area contributed by atoms with E-state index in [-0.39, 0.29) is 30.7 Å². The number of amides is 1. The number of piperidine rings is 1. The van der Waals surface area contributed by atoms with Crippen molar-refractivity contribution in [1.29, 1.82) is 0 Å². The van der Waals surface area contributed by atoms with E-state index in [2.05, 4.69) is 40.7 Å². The van der Waals surface area contributed by atoms with Crippen LogP contribution in [0.25, 0.3) is 0 Å². The monoisotopic (exact) mass is 405 g/mol. The van der Waals surface area contributed by atoms with E-state index >= 15 is 0 Å². The summed E-state index contributed by atoms with van der Waals surface area (Å²) in [5, 5.41) is 6.07. The van der Waals surface area contributed by atoms with Crippen LogP contribution in [0, 0.1) is 0 Å². The van der Waals surface area contributed by atoms with Crippen molar-refractivity contribution in [2.24, 2.45) is 0 Å². The maximum absolute atomic E-state index is 11.9. The molecule has 26 heavy (non-hydrogen) atoms. The second kappa shape index (κ2) is 14.2. The van der Waals surface area contributed by atoms with E-state index in [0.29, 0.717) is 32.3 Å². The molecule has 1 amide bonds. The Kier molecular flexibility index (Phi) is 13.8. The maximum atomic E-state index is 11.9. The lowest BCUT2D eigenvalue weighted by Crippen LogP contribution is -2.37. The third-order valence-electron chi connectivity index (χ3n) is 4.68. The van der Waals surface area contributed by atoms with Crippen molar-refractivity contribution in [1.82, 2.24) is 15.5 Å². The molecule has 0 aromatic heterocycles. The maximum Gasteiger partial charge on any atom is 0.234 e. The molecule has 0 spiro atoms. The predicted octanol–water partition coefficient (Wildman–Crippen LogP) is 2.76. The summed E-state index contributed by atoms with van der Waals surface area (Å²) in [5.41, 5.74) is 2.53. The number of nitrogens with one attached hydrogen (secondary N) is 2. The van der Waals surface area contributed by atoms with E-state index in [4.69, 9.17) is 4.74 Å². The van der Waals surface area contributed by atoms with Crippen LogP contribution in [-0.4, -0.2) is 50.2 Å². The first-order valence-electron chi connectivity index (χ1n) is 8.98. The van der Waals surface area contributed by atoms with Crippen LogP contribution in [0.2, 0.25) is 0 Å². The fraction of sp³-hybridized carbons (Fsp3) is 0.632. The highest BCUT2D eigenvalue weighted by molar-refractivity contribution is 5.85. The van der Waals surface area contributed by atoms with Gasteiger partial charge in [-0.25, -0.2) is 0 Å². The quantitative estimate of drug-likeness (QED) is 0.620. The molecule has 2 N–H and O–H groups in total. The zero-order valence-electron chi connectivity index (χ0n) is 15.8. The van der Waals surface area contributed by atoms with Crippen molar-refractivity contribution in [3.8, 4) is 0 Å². The average Bonchev–Trinajstić information content (AvgIpc) is 2.60. The highest BCUT2D eigenvalue weighted by atomic mass is 35.5. The first kappa shape index (κ1) is 25.1. The second-order valence-electron chi connectivity index (χ2n) is 6.53. The summed E-state index contributed by atoms with van der Waals surface area (Å²) in [7, 11) is 1.65. The minimum atomic E-state index is 0. The Hall–Kier alpha value is -0.850. The largest absolute Gasteiger partial charge is 0.383 e. The van der Waals surface area contributed by atoms with E-state index in [1.807, 2.05) is 6.07 Å². The number of nitrogens with zero attached hydrogens (tertiary/aromatic N) is 1. The fourth-order valence-corrected chi connectivity index (χ4v) is 3.13. The van der Waals surface area contributed by atoms with E-state index in [0.717, 1.165) is 6.54 Å². The van der Waals surface area contributed by atoms with Crippen LogP contribution in [0.4, 0.5) is 0 Å². The van der Waals surface area contributed by atoms with Gasteiger partial charge in [0.05, 0.1) is 13.2 Å². The van der Waals surface area contributed by atoms with Crippen molar-refractivity contribution >= 4 is 30.7 Å². The first-order chi connectivity index (χ1) is 11.7. The normalized spacial score (nSPS) is 17.1. The van der Waals surface area contributed by atoms with Crippen LogP contribution in [0.15, 0.2) is 24.3 Å². The molecule has 1 fully saturated rings. The molecular weight excluding hydrogens is 373 g/mol. The molecule has 1 heterocycles. The van der Waals surface area contributed by atoms with Crippen molar-refractivity contribution < 1.29 is 9.53 Å². The van der Waals surface area contributed by atoms with Crippen molar-refractivity contribution in [3.05, 3.63) is 35.4 Å². The van der Waals surface area contributed by atoms with Gasteiger partial charge in [0, 0.05) is 32.8 Å². The summed E-state index contributed by atoms with van der Waals surface area (Å²) < 4.78 is 4.95. The second-order valence-corrected chi connectivity index (χ2v) is 6.53. The number of rotatable bonds is 9. The molecule has 2 rings (SSSR count). The Morgan fingerprint density at radius 1 is 1.23 bits per heavy atom. The molecular formula is C19H33Cl2N3O2. The van der Waals surface area contributed by atoms with Crippen LogP contribution in [0.1, 0.15) is 37.3 Å². The lowest BCUT2D eigenvalue weighted by Gasteiger charge is -2.33. The van der Waals surface area contributed by atoms with Crippen LogP contribution in [0.3, 0.4) is 0 Å². The number of carbonyl (C=O) groups excluding carboxylic acids is 1. The molecule has 1 aromatic carbocycles. The van der Waals surface area contributed by atoms with Crippen LogP contribution < -0.4 is 10.6 Å². The number of likely N-dealkylation sites (tertiary alicyclic amines) is 1. The molecule has 1 aromatic rings. The summed E-state index contributed by atoms with van der Waals surface area (Å²) >= 11 is 0. The third-order valence-corrected chi connectivity index (χ3v) is 4.68. The molecule has 1 aliphatic heterocycles. The molecule has 1 unspecified atom stereocenters. The Labute approximate surface area is 170 Å². The molecule has 5 nitrogen and oxygen atoms in total. The van der Waals surface area contributed by atoms with Crippen LogP contribution in [0.5, 0.6) is 0 Å². The Morgan fingerprint density at radius 3 is 2.65 bits per heavy atom. The molecule has 1 aliphatic rings. The summed E-state index contributed by atoms with van der Waals surface area (Å²) in [4.78, 5) is 14.5. The number of ether oxygens (including phenoxy) is 1. The summed E-state index contributed by atoms with van der Waals surface area (Å²) in [6, 6.07) is 9.07. The van der Waals surface area contributed by atoms with Gasteiger partial charge in [-0.05, 0) is 37.4 Å². The number of carbonyl (C=O) groups is 1. The molecule has 7 heteroatoms. The van der Waals surface area contributed by atoms with Gasteiger partial charge in [-0.15, -0.1) is 24.8 Å². The standard InChI is InChI=1S/C19H31N3O2.2ClH/c1-16-7-5-6-11-22(16)15-18-9-4-3-8-17(18)13-21-19(23)14-20-10-12-24-2;;/h3-4,8-9,16,20H,5-7,10-15H2,1-2H3,(H,21,23);2*1H. The van der Waals surface area contributed by atoms with Gasteiger partial charge in [0.1, 0.15) is 0 Å². The lowest BCUT2D eigenvalue weighted by atomic mass is 10.0. The molecule has 0 saturated carbocycles. The van der Waals surface area contributed by atoms with Gasteiger partial charge in [0.25, 0.3) is 0 Å². The van der Waals surface area contributed by atoms with Crippen LogP contribution in [-0.2, 0) is 22.6 Å². The molecule has 0 radical (unpaired) electrons. The number of halogens is 2. The van der Waals surface area contributed by atoms with E-state index in [1.54, 1.807) is 7.11 Å². The summed E-state index contributed by atoms with van der Waals surface area (Å²) in [6.07, 6.45) is 3.91. The topological polar surface area (TPSA) is 53.6 Å². The molecule has 0 aliphatic carbocycles. The van der Waals surface area contributed by atoms with Gasteiger partial charge in [-0.1, -0.05) is 30.7 Å². The molecule has 1 saturated heterocycles.